The monoisotopic (exact) mass is 336 g/mol. The van der Waals surface area contributed by atoms with Gasteiger partial charge in [-0.3, -0.25) is 10.1 Å². The van der Waals surface area contributed by atoms with E-state index in [0.717, 1.165) is 12.8 Å². The average molecular weight is 336 g/mol. The van der Waals surface area contributed by atoms with Gasteiger partial charge in [-0.25, -0.2) is 4.79 Å². The van der Waals surface area contributed by atoms with Gasteiger partial charge >= 0.3 is 5.97 Å². The molecule has 0 aliphatic carbocycles. The summed E-state index contributed by atoms with van der Waals surface area (Å²) in [5.41, 5.74) is 0.724. The van der Waals surface area contributed by atoms with Crippen molar-refractivity contribution in [1.29, 1.82) is 0 Å². The maximum absolute atomic E-state index is 12.5. The van der Waals surface area contributed by atoms with Gasteiger partial charge in [0.1, 0.15) is 6.61 Å². The number of morpholine rings is 1. The lowest BCUT2D eigenvalue weighted by Gasteiger charge is -2.30. The van der Waals surface area contributed by atoms with Crippen LogP contribution >= 0.6 is 0 Å². The Hall–Kier alpha value is -2.19. The highest BCUT2D eigenvalue weighted by Gasteiger charge is 2.24. The smallest absolute Gasteiger partial charge is 0.340 e. The molecular weight excluding hydrogens is 316 g/mol. The predicted octanol–water partition coefficient (Wildman–Crippen LogP) is 1.77. The van der Waals surface area contributed by atoms with Gasteiger partial charge in [-0.2, -0.15) is 0 Å². The average Bonchev–Trinajstić information content (AvgIpc) is 3.13. The van der Waals surface area contributed by atoms with Crippen LogP contribution in [-0.2, 0) is 14.2 Å². The number of nitro benzene ring substituents is 1. The predicted molar refractivity (Wildman–Crippen MR) is 85.4 cm³/mol. The van der Waals surface area contributed by atoms with Crippen LogP contribution in [0.4, 0.5) is 11.4 Å². The van der Waals surface area contributed by atoms with E-state index < -0.39 is 10.9 Å². The summed E-state index contributed by atoms with van der Waals surface area (Å²) in [6.45, 7) is 3.22. The number of esters is 1. The van der Waals surface area contributed by atoms with Crippen molar-refractivity contribution in [3.05, 3.63) is 33.9 Å². The summed E-state index contributed by atoms with van der Waals surface area (Å²) in [5, 5.41) is 11.0. The number of hydrogen-bond donors (Lipinski definition) is 0. The van der Waals surface area contributed by atoms with Crippen molar-refractivity contribution in [2.75, 3.05) is 44.4 Å². The van der Waals surface area contributed by atoms with Crippen LogP contribution in [-0.4, -0.2) is 56.5 Å². The molecule has 0 amide bonds. The van der Waals surface area contributed by atoms with E-state index in [0.29, 0.717) is 38.6 Å². The van der Waals surface area contributed by atoms with Crippen LogP contribution in [0, 0.1) is 10.1 Å². The van der Waals surface area contributed by atoms with Gasteiger partial charge in [0.05, 0.1) is 35.5 Å². The van der Waals surface area contributed by atoms with Crippen LogP contribution in [0.1, 0.15) is 23.2 Å². The zero-order valence-electron chi connectivity index (χ0n) is 13.3. The van der Waals surface area contributed by atoms with Crippen LogP contribution in [0.3, 0.4) is 0 Å². The molecule has 0 bridgehead atoms. The summed E-state index contributed by atoms with van der Waals surface area (Å²) in [6.07, 6.45) is 1.73. The van der Waals surface area contributed by atoms with Gasteiger partial charge in [0.15, 0.2) is 0 Å². The summed E-state index contributed by atoms with van der Waals surface area (Å²) >= 11 is 0. The fraction of sp³-hybridized carbons (Fsp3) is 0.562. The number of carbonyl (C=O) groups excluding carboxylic acids is 1. The van der Waals surface area contributed by atoms with E-state index in [2.05, 4.69) is 0 Å². The van der Waals surface area contributed by atoms with Crippen LogP contribution in [0.5, 0.6) is 0 Å². The Morgan fingerprint density at radius 2 is 2.12 bits per heavy atom. The second-order valence-electron chi connectivity index (χ2n) is 5.79. The lowest BCUT2D eigenvalue weighted by Crippen LogP contribution is -2.37. The molecule has 0 N–H and O–H groups in total. The molecule has 0 aromatic heterocycles. The van der Waals surface area contributed by atoms with E-state index in [1.54, 1.807) is 6.07 Å². The number of ether oxygens (including phenoxy) is 3. The molecule has 2 aliphatic heterocycles. The number of hydrogen-bond acceptors (Lipinski definition) is 7. The van der Waals surface area contributed by atoms with E-state index in [4.69, 9.17) is 14.2 Å². The Balaban J connectivity index is 1.79. The highest BCUT2D eigenvalue weighted by Crippen LogP contribution is 2.27. The van der Waals surface area contributed by atoms with Gasteiger partial charge in [-0.05, 0) is 18.9 Å². The number of carbonyl (C=O) groups is 1. The largest absolute Gasteiger partial charge is 0.459 e. The molecule has 1 unspecified atom stereocenters. The normalized spacial score (nSPS) is 20.8. The fourth-order valence-corrected chi connectivity index (χ4v) is 2.90. The molecule has 0 spiro atoms. The molecular formula is C16H20N2O6. The molecule has 2 heterocycles. The molecule has 0 saturated carbocycles. The number of anilines is 1. The summed E-state index contributed by atoms with van der Waals surface area (Å²) in [4.78, 5) is 25.0. The highest BCUT2D eigenvalue weighted by molar-refractivity contribution is 5.96. The quantitative estimate of drug-likeness (QED) is 0.460. The molecule has 2 fully saturated rings. The van der Waals surface area contributed by atoms with Crippen molar-refractivity contribution in [3.8, 4) is 0 Å². The number of benzene rings is 1. The molecule has 1 aromatic rings. The molecule has 2 saturated heterocycles. The molecule has 24 heavy (non-hydrogen) atoms. The number of nitro groups is 1. The van der Waals surface area contributed by atoms with Gasteiger partial charge < -0.3 is 19.1 Å². The van der Waals surface area contributed by atoms with E-state index in [9.17, 15) is 14.9 Å². The first kappa shape index (κ1) is 16.7. The Kier molecular flexibility index (Phi) is 5.27. The summed E-state index contributed by atoms with van der Waals surface area (Å²) in [5.74, 6) is -0.560. The first-order valence-electron chi connectivity index (χ1n) is 8.05. The van der Waals surface area contributed by atoms with E-state index in [1.807, 2.05) is 4.90 Å². The van der Waals surface area contributed by atoms with Crippen molar-refractivity contribution < 1.29 is 23.9 Å². The minimum atomic E-state index is -0.560. The maximum atomic E-state index is 12.5. The van der Waals surface area contributed by atoms with Crippen molar-refractivity contribution in [1.82, 2.24) is 0 Å². The first-order valence-corrected chi connectivity index (χ1v) is 8.05. The third-order valence-electron chi connectivity index (χ3n) is 4.19. The summed E-state index contributed by atoms with van der Waals surface area (Å²) < 4.78 is 16.1. The minimum absolute atomic E-state index is 0.0838. The Morgan fingerprint density at radius 1 is 1.33 bits per heavy atom. The van der Waals surface area contributed by atoms with E-state index in [-0.39, 0.29) is 24.0 Å². The molecule has 1 aromatic carbocycles. The van der Waals surface area contributed by atoms with Gasteiger partial charge in [0.25, 0.3) is 5.69 Å². The molecule has 3 rings (SSSR count). The van der Waals surface area contributed by atoms with Crippen molar-refractivity contribution >= 4 is 17.3 Å². The summed E-state index contributed by atoms with van der Waals surface area (Å²) in [7, 11) is 0. The third-order valence-corrected chi connectivity index (χ3v) is 4.19. The van der Waals surface area contributed by atoms with Crippen LogP contribution in [0.15, 0.2) is 18.2 Å². The third kappa shape index (κ3) is 3.82. The van der Waals surface area contributed by atoms with Crippen LogP contribution < -0.4 is 4.90 Å². The zero-order chi connectivity index (χ0) is 16.9. The van der Waals surface area contributed by atoms with Gasteiger partial charge in [0.2, 0.25) is 0 Å². The van der Waals surface area contributed by atoms with Crippen molar-refractivity contribution in [2.45, 2.75) is 18.9 Å². The van der Waals surface area contributed by atoms with E-state index in [1.165, 1.54) is 12.1 Å². The second-order valence-corrected chi connectivity index (χ2v) is 5.79. The topological polar surface area (TPSA) is 91.1 Å². The molecule has 2 aliphatic rings. The summed E-state index contributed by atoms with van der Waals surface area (Å²) in [6, 6.07) is 4.29. The molecule has 8 nitrogen and oxygen atoms in total. The minimum Gasteiger partial charge on any atom is -0.459 e. The Morgan fingerprint density at radius 3 is 2.79 bits per heavy atom. The van der Waals surface area contributed by atoms with Crippen molar-refractivity contribution in [3.63, 3.8) is 0 Å². The fourth-order valence-electron chi connectivity index (χ4n) is 2.90. The second kappa shape index (κ2) is 7.59. The number of rotatable bonds is 5. The molecule has 1 atom stereocenters. The standard InChI is InChI=1S/C16H20N2O6/c19-16(24-11-13-2-1-7-23-13)14-10-12(18(20)21)3-4-15(14)17-5-8-22-9-6-17/h3-4,10,13H,1-2,5-9,11H2. The zero-order valence-corrected chi connectivity index (χ0v) is 13.3. The maximum Gasteiger partial charge on any atom is 0.340 e. The highest BCUT2D eigenvalue weighted by atomic mass is 16.6. The Bertz CT molecular complexity index is 609. The van der Waals surface area contributed by atoms with Gasteiger partial charge in [-0.15, -0.1) is 0 Å². The first-order chi connectivity index (χ1) is 11.6. The van der Waals surface area contributed by atoms with Crippen LogP contribution in [0.25, 0.3) is 0 Å². The van der Waals surface area contributed by atoms with Crippen LogP contribution in [0.2, 0.25) is 0 Å². The Labute approximate surface area is 139 Å². The molecule has 130 valence electrons. The van der Waals surface area contributed by atoms with Gasteiger partial charge in [0, 0.05) is 31.8 Å². The van der Waals surface area contributed by atoms with E-state index >= 15 is 0 Å². The molecule has 8 heteroatoms. The number of nitrogens with zero attached hydrogens (tertiary/aromatic N) is 2. The SMILES string of the molecule is O=C(OCC1CCCO1)c1cc([N+](=O)[O-])ccc1N1CCOCC1. The lowest BCUT2D eigenvalue weighted by atomic mass is 10.1. The van der Waals surface area contributed by atoms with Crippen molar-refractivity contribution in [2.24, 2.45) is 0 Å². The number of non-ortho nitro benzene ring substituents is 1. The lowest BCUT2D eigenvalue weighted by molar-refractivity contribution is -0.384. The molecule has 0 radical (unpaired) electrons. The van der Waals surface area contributed by atoms with Gasteiger partial charge in [-0.1, -0.05) is 0 Å².